The van der Waals surface area contributed by atoms with Crippen LogP contribution in [0.1, 0.15) is 0 Å². The molecule has 20 heteroatoms. The number of amides is 1. The molecule has 1 saturated heterocycles. The molecule has 1 fully saturated rings. The van der Waals surface area contributed by atoms with Crippen molar-refractivity contribution in [2.75, 3.05) is 19.2 Å². The van der Waals surface area contributed by atoms with Crippen molar-refractivity contribution in [1.29, 1.82) is 0 Å². The molecular weight excluding hydrogens is 503 g/mol. The van der Waals surface area contributed by atoms with Crippen LogP contribution in [0.3, 0.4) is 0 Å². The topological polar surface area (TPSA) is 222 Å². The zero-order valence-electron chi connectivity index (χ0n) is 14.6. The summed E-state index contributed by atoms with van der Waals surface area (Å²) in [5.41, 5.74) is -2.15. The van der Waals surface area contributed by atoms with Gasteiger partial charge in [-0.05, 0) is 0 Å². The van der Waals surface area contributed by atoms with Crippen LogP contribution < -0.4 is 5.32 Å². The van der Waals surface area contributed by atoms with E-state index in [1.807, 2.05) is 0 Å². The van der Waals surface area contributed by atoms with Crippen LogP contribution >= 0.6 is 35.1 Å². The van der Waals surface area contributed by atoms with Gasteiger partial charge in [0, 0.05) is 12.3 Å². The first-order chi connectivity index (χ1) is 13.6. The zero-order valence-corrected chi connectivity index (χ0v) is 18.0. The minimum Gasteiger partial charge on any atom is -0.387 e. The van der Waals surface area contributed by atoms with Gasteiger partial charge in [0.25, 0.3) is 0 Å². The predicted molar refractivity (Wildman–Crippen MR) is 93.0 cm³/mol. The number of phosphoric acid groups is 3. The van der Waals surface area contributed by atoms with Crippen molar-refractivity contribution in [2.45, 2.75) is 24.1 Å². The molecule has 2 rings (SSSR count). The summed E-state index contributed by atoms with van der Waals surface area (Å²) >= 11 is 5.72. The van der Waals surface area contributed by atoms with Crippen molar-refractivity contribution >= 4 is 41.0 Å². The van der Waals surface area contributed by atoms with Crippen LogP contribution in [0.15, 0.2) is 12.3 Å². The Morgan fingerprint density at radius 1 is 1.27 bits per heavy atom. The molecule has 174 valence electrons. The predicted octanol–water partition coefficient (Wildman–Crippen LogP) is -0.734. The van der Waals surface area contributed by atoms with Crippen LogP contribution in [0, 0.1) is 0 Å². The maximum atomic E-state index is 14.6. The summed E-state index contributed by atoms with van der Waals surface area (Å²) in [5, 5.41) is 12.6. The lowest BCUT2D eigenvalue weighted by Crippen LogP contribution is -2.48. The summed E-state index contributed by atoms with van der Waals surface area (Å²) in [6, 6.07) is 0. The molecule has 0 aromatic heterocycles. The number of carbonyl (C=O) groups excluding carboxylic acids is 1. The number of rotatable bonds is 9. The summed E-state index contributed by atoms with van der Waals surface area (Å²) < 4.78 is 65.2. The number of phosphoric ester groups is 1. The fourth-order valence-electron chi connectivity index (χ4n) is 2.45. The van der Waals surface area contributed by atoms with Gasteiger partial charge in [0.05, 0.1) is 19.2 Å². The molecule has 0 aromatic rings. The lowest BCUT2D eigenvalue weighted by molar-refractivity contribution is -0.132. The fraction of sp³-hybridized carbons (Fsp3) is 0.700. The molecular formula is C10H17ClFN2O13P3. The lowest BCUT2D eigenvalue weighted by Gasteiger charge is -2.33. The van der Waals surface area contributed by atoms with E-state index in [9.17, 15) is 32.9 Å². The molecule has 0 aliphatic carbocycles. The Balaban J connectivity index is 2.10. The van der Waals surface area contributed by atoms with Crippen molar-refractivity contribution in [2.24, 2.45) is 0 Å². The second kappa shape index (κ2) is 9.20. The Labute approximate surface area is 172 Å². The molecule has 30 heavy (non-hydrogen) atoms. The van der Waals surface area contributed by atoms with Crippen LogP contribution in [0.2, 0.25) is 0 Å². The fourth-order valence-corrected chi connectivity index (χ4v) is 5.83. The largest absolute Gasteiger partial charge is 0.490 e. The molecule has 6 N–H and O–H groups in total. The summed E-state index contributed by atoms with van der Waals surface area (Å²) in [7, 11) is -16.9. The van der Waals surface area contributed by atoms with Crippen LogP contribution in [0.5, 0.6) is 0 Å². The number of alkyl halides is 2. The van der Waals surface area contributed by atoms with E-state index in [1.165, 1.54) is 6.20 Å². The normalized spacial score (nSPS) is 33.8. The van der Waals surface area contributed by atoms with Gasteiger partial charge in [-0.1, -0.05) is 0 Å². The van der Waals surface area contributed by atoms with Crippen molar-refractivity contribution in [3.05, 3.63) is 12.3 Å². The first kappa shape index (κ1) is 25.8. The Kier molecular flexibility index (Phi) is 7.92. The van der Waals surface area contributed by atoms with Gasteiger partial charge < -0.3 is 39.6 Å². The Morgan fingerprint density at radius 2 is 1.90 bits per heavy atom. The molecule has 0 bridgehead atoms. The molecule has 2 unspecified atom stereocenters. The Bertz CT molecular complexity index is 840. The molecule has 15 nitrogen and oxygen atoms in total. The van der Waals surface area contributed by atoms with E-state index in [1.54, 1.807) is 0 Å². The zero-order chi connectivity index (χ0) is 23.0. The summed E-state index contributed by atoms with van der Waals surface area (Å²) in [5.74, 6) is -1.15. The number of aliphatic hydroxyl groups is 1. The summed E-state index contributed by atoms with van der Waals surface area (Å²) in [6.45, 7) is -1.34. The molecule has 2 heterocycles. The molecule has 0 spiro atoms. The third-order valence-corrected chi connectivity index (χ3v) is 8.00. The van der Waals surface area contributed by atoms with Gasteiger partial charge in [-0.2, -0.15) is 8.62 Å². The summed E-state index contributed by atoms with van der Waals surface area (Å²) in [4.78, 5) is 47.9. The lowest BCUT2D eigenvalue weighted by atomic mass is 9.99. The highest BCUT2D eigenvalue weighted by Gasteiger charge is 2.57. The second-order valence-electron chi connectivity index (χ2n) is 5.99. The van der Waals surface area contributed by atoms with Gasteiger partial charge >= 0.3 is 23.5 Å². The van der Waals surface area contributed by atoms with E-state index in [4.69, 9.17) is 31.0 Å². The monoisotopic (exact) mass is 520 g/mol. The highest BCUT2D eigenvalue weighted by atomic mass is 35.5. The van der Waals surface area contributed by atoms with Crippen LogP contribution in [0.4, 0.5) is 4.39 Å². The van der Waals surface area contributed by atoms with Crippen molar-refractivity contribution < 1.29 is 65.4 Å². The van der Waals surface area contributed by atoms with Crippen molar-refractivity contribution in [3.63, 3.8) is 0 Å². The minimum absolute atomic E-state index is 0.193. The third kappa shape index (κ3) is 6.53. The van der Waals surface area contributed by atoms with Crippen molar-refractivity contribution in [3.8, 4) is 0 Å². The number of nitrogens with zero attached hydrogens (tertiary/aromatic N) is 1. The Morgan fingerprint density at radius 3 is 2.40 bits per heavy atom. The number of carbonyl (C=O) groups is 1. The van der Waals surface area contributed by atoms with E-state index in [-0.39, 0.29) is 6.67 Å². The van der Waals surface area contributed by atoms with E-state index in [2.05, 4.69) is 18.5 Å². The average molecular weight is 521 g/mol. The Hall–Kier alpha value is -0.440. The molecule has 0 aromatic carbocycles. The number of halogens is 2. The van der Waals surface area contributed by atoms with Gasteiger partial charge in [0.15, 0.2) is 12.4 Å². The minimum atomic E-state index is -5.76. The van der Waals surface area contributed by atoms with E-state index < -0.39 is 66.0 Å². The highest BCUT2D eigenvalue weighted by Crippen LogP contribution is 2.66. The summed E-state index contributed by atoms with van der Waals surface area (Å²) in [6.07, 6.45) is -3.42. The maximum absolute atomic E-state index is 14.6. The third-order valence-electron chi connectivity index (χ3n) is 3.76. The van der Waals surface area contributed by atoms with Gasteiger partial charge in [-0.15, -0.1) is 11.6 Å². The number of hydrogen-bond acceptors (Lipinski definition) is 10. The van der Waals surface area contributed by atoms with E-state index in [0.717, 1.165) is 11.0 Å². The molecule has 0 radical (unpaired) electrons. The van der Waals surface area contributed by atoms with Gasteiger partial charge in [-0.3, -0.25) is 9.32 Å². The van der Waals surface area contributed by atoms with Gasteiger partial charge in [0.2, 0.25) is 5.91 Å². The SMILES string of the molecule is O=C1C=CN([C@@H]2O[C@](CCl)(COP(=O)(O)OP(=O)(O)OP(=O)(O)O)[C@@H](O)[C@H]2F)CN1. The van der Waals surface area contributed by atoms with Crippen LogP contribution in [0.25, 0.3) is 0 Å². The van der Waals surface area contributed by atoms with E-state index >= 15 is 0 Å². The molecule has 2 aliphatic heterocycles. The number of nitrogens with one attached hydrogen (secondary N) is 1. The second-order valence-corrected chi connectivity index (χ2v) is 10.7. The first-order valence-corrected chi connectivity index (χ1v) is 12.7. The maximum Gasteiger partial charge on any atom is 0.490 e. The highest BCUT2D eigenvalue weighted by molar-refractivity contribution is 7.66. The molecule has 6 atom stereocenters. The van der Waals surface area contributed by atoms with E-state index in [0.29, 0.717) is 0 Å². The standard InChI is InChI=1S/C10H17ClFN2O13P3/c11-3-10(4-24-29(20,21)27-30(22,23)26-28(17,18)19)8(16)7(12)9(25-10)14-2-1-6(15)13-5-14/h1-2,7-9,16H,3-5H2,(H,13,15)(H,20,21)(H,22,23)(H2,17,18,19)/t7-,8+,9-,10-/m1/s1. The number of ether oxygens (including phenoxy) is 1. The van der Waals surface area contributed by atoms with Crippen LogP contribution in [-0.4, -0.2) is 78.7 Å². The van der Waals surface area contributed by atoms with Gasteiger partial charge in [0.1, 0.15) is 11.7 Å². The smallest absolute Gasteiger partial charge is 0.387 e. The van der Waals surface area contributed by atoms with Gasteiger partial charge in [-0.25, -0.2) is 18.1 Å². The molecule has 0 saturated carbocycles. The quantitative estimate of drug-likeness (QED) is 0.163. The number of aliphatic hydroxyl groups excluding tert-OH is 1. The molecule has 1 amide bonds. The first-order valence-electron chi connectivity index (χ1n) is 7.66. The van der Waals surface area contributed by atoms with Crippen molar-refractivity contribution in [1.82, 2.24) is 10.2 Å². The average Bonchev–Trinajstić information content (AvgIpc) is 2.83. The number of hydrogen-bond donors (Lipinski definition) is 6. The molecule has 2 aliphatic rings. The van der Waals surface area contributed by atoms with Crippen LogP contribution in [-0.2, 0) is 36.4 Å².